The Balaban J connectivity index is 1.29. The Morgan fingerprint density at radius 1 is 0.545 bits per heavy atom. The standard InChI is InChI=1S/C38H42N2O2S2/c1-5-7-9-11-13-27-17-21-33(43-27)25-15-19-29-31(23-25)39(3)37(41)35(29)36-30-20-16-26(24-32(30)40(4)38(36)42)34-22-18-28(44-34)14-12-10-8-6-2/h15-24H,5-14H2,1-4H3/b36-35+. The number of unbranched alkanes of at least 4 members (excludes halogenated alkanes) is 6. The Labute approximate surface area is 270 Å². The number of fused-ring (bicyclic) bond motifs is 2. The van der Waals surface area contributed by atoms with E-state index in [9.17, 15) is 9.59 Å². The van der Waals surface area contributed by atoms with Crippen LogP contribution in [0, 0.1) is 0 Å². The summed E-state index contributed by atoms with van der Waals surface area (Å²) in [5.41, 5.74) is 6.61. The molecule has 0 spiro atoms. The van der Waals surface area contributed by atoms with E-state index in [0.717, 1.165) is 46.5 Å². The van der Waals surface area contributed by atoms with Gasteiger partial charge in [0.05, 0.1) is 22.5 Å². The zero-order valence-corrected chi connectivity index (χ0v) is 28.0. The van der Waals surface area contributed by atoms with Crippen LogP contribution in [0.2, 0.25) is 0 Å². The molecule has 0 unspecified atom stereocenters. The molecular formula is C38H42N2O2S2. The van der Waals surface area contributed by atoms with Gasteiger partial charge >= 0.3 is 0 Å². The van der Waals surface area contributed by atoms with Gasteiger partial charge in [-0.25, -0.2) is 0 Å². The summed E-state index contributed by atoms with van der Waals surface area (Å²) in [6.07, 6.45) is 12.3. The van der Waals surface area contributed by atoms with Crippen LogP contribution in [-0.4, -0.2) is 25.9 Å². The molecule has 0 N–H and O–H groups in total. The highest BCUT2D eigenvalue weighted by Gasteiger charge is 2.40. The maximum Gasteiger partial charge on any atom is 0.259 e. The summed E-state index contributed by atoms with van der Waals surface area (Å²) in [5.74, 6) is -0.251. The van der Waals surface area contributed by atoms with Crippen LogP contribution in [0.4, 0.5) is 11.4 Å². The van der Waals surface area contributed by atoms with E-state index < -0.39 is 0 Å². The van der Waals surface area contributed by atoms with Crippen LogP contribution in [0.1, 0.15) is 86.1 Å². The molecule has 0 atom stereocenters. The molecule has 2 aromatic heterocycles. The Morgan fingerprint density at radius 2 is 0.977 bits per heavy atom. The fraction of sp³-hybridized carbons (Fsp3) is 0.368. The molecule has 228 valence electrons. The maximum atomic E-state index is 13.8. The summed E-state index contributed by atoms with van der Waals surface area (Å²) in [7, 11) is 3.63. The van der Waals surface area contributed by atoms with E-state index in [-0.39, 0.29) is 11.8 Å². The third kappa shape index (κ3) is 5.82. The number of aryl methyl sites for hydroxylation is 2. The van der Waals surface area contributed by atoms with E-state index in [2.05, 4.69) is 62.4 Å². The Morgan fingerprint density at radius 3 is 1.39 bits per heavy atom. The predicted molar refractivity (Wildman–Crippen MR) is 189 cm³/mol. The summed E-state index contributed by atoms with van der Waals surface area (Å²) >= 11 is 3.68. The van der Waals surface area contributed by atoms with E-state index in [1.54, 1.807) is 9.80 Å². The van der Waals surface area contributed by atoms with Gasteiger partial charge in [-0.05, 0) is 73.2 Å². The van der Waals surface area contributed by atoms with Gasteiger partial charge in [-0.2, -0.15) is 0 Å². The van der Waals surface area contributed by atoms with Crippen molar-refractivity contribution in [2.45, 2.75) is 78.1 Å². The highest BCUT2D eigenvalue weighted by Crippen LogP contribution is 2.48. The average molecular weight is 623 g/mol. The molecule has 0 fully saturated rings. The number of nitrogens with zero attached hydrogens (tertiary/aromatic N) is 2. The molecule has 0 bridgehead atoms. The van der Waals surface area contributed by atoms with Gasteiger partial charge in [-0.1, -0.05) is 76.6 Å². The lowest BCUT2D eigenvalue weighted by atomic mass is 9.95. The summed E-state index contributed by atoms with van der Waals surface area (Å²) in [5, 5.41) is 0. The smallest absolute Gasteiger partial charge is 0.259 e. The molecule has 6 rings (SSSR count). The molecule has 2 aliphatic rings. The molecule has 4 heterocycles. The van der Waals surface area contributed by atoms with Crippen LogP contribution in [0.5, 0.6) is 0 Å². The van der Waals surface area contributed by atoms with Gasteiger partial charge in [-0.15, -0.1) is 22.7 Å². The first-order valence-electron chi connectivity index (χ1n) is 16.2. The Hall–Kier alpha value is -3.48. The van der Waals surface area contributed by atoms with Crippen molar-refractivity contribution in [1.29, 1.82) is 0 Å². The number of rotatable bonds is 12. The number of likely N-dealkylation sites (N-methyl/N-ethyl adjacent to an activating group) is 2. The second kappa shape index (κ2) is 13.3. The predicted octanol–water partition coefficient (Wildman–Crippen LogP) is 10.3. The van der Waals surface area contributed by atoms with Gasteiger partial charge in [-0.3, -0.25) is 9.59 Å². The molecule has 4 aromatic rings. The van der Waals surface area contributed by atoms with Crippen molar-refractivity contribution in [3.05, 3.63) is 81.5 Å². The van der Waals surface area contributed by atoms with Crippen LogP contribution in [0.3, 0.4) is 0 Å². The Bertz CT molecular complexity index is 1600. The van der Waals surface area contributed by atoms with Crippen LogP contribution < -0.4 is 9.80 Å². The fourth-order valence-corrected chi connectivity index (χ4v) is 8.49. The molecule has 4 nitrogen and oxygen atoms in total. The summed E-state index contributed by atoms with van der Waals surface area (Å²) in [4.78, 5) is 36.2. The van der Waals surface area contributed by atoms with E-state index in [1.807, 2.05) is 48.9 Å². The van der Waals surface area contributed by atoms with Crippen molar-refractivity contribution in [2.75, 3.05) is 23.9 Å². The number of anilines is 2. The molecule has 2 amide bonds. The van der Waals surface area contributed by atoms with E-state index in [1.165, 1.54) is 70.9 Å². The van der Waals surface area contributed by atoms with Crippen LogP contribution in [-0.2, 0) is 22.4 Å². The zero-order chi connectivity index (χ0) is 30.8. The van der Waals surface area contributed by atoms with Crippen LogP contribution >= 0.6 is 22.7 Å². The third-order valence-electron chi connectivity index (χ3n) is 8.99. The van der Waals surface area contributed by atoms with Gasteiger partial charge in [0.1, 0.15) is 0 Å². The minimum Gasteiger partial charge on any atom is -0.311 e. The maximum absolute atomic E-state index is 13.8. The normalized spacial score (nSPS) is 15.9. The quantitative estimate of drug-likeness (QED) is 0.117. The fourth-order valence-electron chi connectivity index (χ4n) is 6.40. The van der Waals surface area contributed by atoms with Gasteiger partial charge in [0, 0.05) is 44.7 Å². The Kier molecular flexibility index (Phi) is 9.20. The van der Waals surface area contributed by atoms with Crippen molar-refractivity contribution < 1.29 is 9.59 Å². The molecule has 0 aliphatic carbocycles. The molecule has 0 radical (unpaired) electrons. The van der Waals surface area contributed by atoms with Crippen molar-refractivity contribution in [3.8, 4) is 20.9 Å². The molecule has 44 heavy (non-hydrogen) atoms. The van der Waals surface area contributed by atoms with Gasteiger partial charge in [0.15, 0.2) is 0 Å². The van der Waals surface area contributed by atoms with Crippen molar-refractivity contribution >= 4 is 57.0 Å². The highest BCUT2D eigenvalue weighted by atomic mass is 32.1. The highest BCUT2D eigenvalue weighted by molar-refractivity contribution is 7.15. The first kappa shape index (κ1) is 30.5. The lowest BCUT2D eigenvalue weighted by molar-refractivity contribution is -0.114. The summed E-state index contributed by atoms with van der Waals surface area (Å²) < 4.78 is 0. The summed E-state index contributed by atoms with van der Waals surface area (Å²) in [6, 6.07) is 21.4. The van der Waals surface area contributed by atoms with Crippen LogP contribution in [0.25, 0.3) is 32.0 Å². The minimum atomic E-state index is -0.125. The van der Waals surface area contributed by atoms with Crippen molar-refractivity contribution in [3.63, 3.8) is 0 Å². The number of amides is 2. The molecule has 0 saturated heterocycles. The molecule has 0 saturated carbocycles. The monoisotopic (exact) mass is 622 g/mol. The lowest BCUT2D eigenvalue weighted by Crippen LogP contribution is -2.24. The summed E-state index contributed by atoms with van der Waals surface area (Å²) in [6.45, 7) is 4.49. The van der Waals surface area contributed by atoms with Crippen molar-refractivity contribution in [1.82, 2.24) is 0 Å². The number of carbonyl (C=O) groups is 2. The second-order valence-corrected chi connectivity index (χ2v) is 14.4. The van der Waals surface area contributed by atoms with E-state index >= 15 is 0 Å². The number of carbonyl (C=O) groups excluding carboxylic acids is 2. The number of thiophene rings is 2. The van der Waals surface area contributed by atoms with Gasteiger partial charge in [0.2, 0.25) is 0 Å². The number of hydrogen-bond acceptors (Lipinski definition) is 4. The zero-order valence-electron chi connectivity index (χ0n) is 26.4. The first-order valence-corrected chi connectivity index (χ1v) is 17.8. The number of hydrogen-bond donors (Lipinski definition) is 0. The molecule has 2 aromatic carbocycles. The average Bonchev–Trinajstić information content (AvgIpc) is 3.81. The second-order valence-electron chi connectivity index (χ2n) is 12.1. The topological polar surface area (TPSA) is 40.6 Å². The SMILES string of the molecule is CCCCCCc1ccc(-c2ccc3c(c2)N(C)C(=O)/C3=C2/C(=O)N(C)c3cc(-c4ccc(CCCCCC)s4)ccc32)s1. The largest absolute Gasteiger partial charge is 0.311 e. The van der Waals surface area contributed by atoms with E-state index in [0.29, 0.717) is 11.1 Å². The van der Waals surface area contributed by atoms with Crippen molar-refractivity contribution in [2.24, 2.45) is 0 Å². The third-order valence-corrected chi connectivity index (χ3v) is 11.4. The van der Waals surface area contributed by atoms with Crippen LogP contribution in [0.15, 0.2) is 60.7 Å². The van der Waals surface area contributed by atoms with E-state index in [4.69, 9.17) is 0 Å². The molecular weight excluding hydrogens is 581 g/mol. The lowest BCUT2D eigenvalue weighted by Gasteiger charge is -2.10. The van der Waals surface area contributed by atoms with Gasteiger partial charge in [0.25, 0.3) is 11.8 Å². The number of benzene rings is 2. The molecule has 2 aliphatic heterocycles. The first-order chi connectivity index (χ1) is 21.4. The van der Waals surface area contributed by atoms with Gasteiger partial charge < -0.3 is 9.80 Å². The minimum absolute atomic E-state index is 0.125. The molecule has 6 heteroatoms.